The molecule has 3 aromatic rings. The number of nitrogens with one attached hydrogen (secondary N) is 1. The number of carbonyl (C=O) groups is 1. The zero-order valence-electron chi connectivity index (χ0n) is 13.7. The van der Waals surface area contributed by atoms with Gasteiger partial charge < -0.3 is 5.32 Å². The van der Waals surface area contributed by atoms with Crippen LogP contribution in [0, 0.1) is 24.3 Å². The monoisotopic (exact) mass is 432 g/mol. The Kier molecular flexibility index (Phi) is 4.66. The molecule has 0 bridgehead atoms. The number of aromatic nitrogens is 3. The van der Waals surface area contributed by atoms with Crippen LogP contribution >= 0.6 is 22.6 Å². The molecular formula is C18H17IN4O. The zero-order valence-corrected chi connectivity index (χ0v) is 15.8. The normalized spacial score (nSPS) is 10.7. The summed E-state index contributed by atoms with van der Waals surface area (Å²) >= 11 is 2.25. The molecule has 2 aromatic heterocycles. The third-order valence-electron chi connectivity index (χ3n) is 3.67. The van der Waals surface area contributed by atoms with Crippen LogP contribution in [0.15, 0.2) is 42.6 Å². The Morgan fingerprint density at radius 1 is 1.12 bits per heavy atom. The predicted octanol–water partition coefficient (Wildman–Crippen LogP) is 4.05. The van der Waals surface area contributed by atoms with Crippen molar-refractivity contribution in [2.45, 2.75) is 20.8 Å². The number of anilines is 1. The first-order chi connectivity index (χ1) is 11.4. The van der Waals surface area contributed by atoms with Crippen molar-refractivity contribution in [2.75, 3.05) is 5.32 Å². The Hall–Kier alpha value is -2.22. The number of hydrogen-bond acceptors (Lipinski definition) is 3. The van der Waals surface area contributed by atoms with E-state index in [9.17, 15) is 4.79 Å². The van der Waals surface area contributed by atoms with E-state index in [-0.39, 0.29) is 5.91 Å². The molecule has 2 heterocycles. The van der Waals surface area contributed by atoms with Crippen LogP contribution in [0.1, 0.15) is 27.3 Å². The van der Waals surface area contributed by atoms with E-state index >= 15 is 0 Å². The molecule has 3 rings (SSSR count). The number of halogens is 1. The predicted molar refractivity (Wildman–Crippen MR) is 103 cm³/mol. The highest BCUT2D eigenvalue weighted by atomic mass is 127. The molecule has 1 aromatic carbocycles. The van der Waals surface area contributed by atoms with Crippen molar-refractivity contribution < 1.29 is 4.79 Å². The van der Waals surface area contributed by atoms with E-state index in [2.05, 4.69) is 38.0 Å². The summed E-state index contributed by atoms with van der Waals surface area (Å²) in [7, 11) is 0. The molecular weight excluding hydrogens is 415 g/mol. The number of amides is 1. The highest BCUT2D eigenvalue weighted by molar-refractivity contribution is 14.1. The standard InChI is InChI=1S/C18H17IN4O/c1-11-8-15(19)5-6-16(11)21-18(24)14-4-7-17(20-10-14)23-13(3)9-12(2)22-23/h4-10H,1-3H3,(H,21,24). The first kappa shape index (κ1) is 16.6. The fourth-order valence-electron chi connectivity index (χ4n) is 2.47. The lowest BCUT2D eigenvalue weighted by atomic mass is 10.2. The second-order valence-corrected chi connectivity index (χ2v) is 6.90. The van der Waals surface area contributed by atoms with Crippen LogP contribution in [0.3, 0.4) is 0 Å². The van der Waals surface area contributed by atoms with Gasteiger partial charge in [-0.05, 0) is 85.3 Å². The summed E-state index contributed by atoms with van der Waals surface area (Å²) < 4.78 is 2.90. The number of carbonyl (C=O) groups excluding carboxylic acids is 1. The Morgan fingerprint density at radius 3 is 2.50 bits per heavy atom. The Morgan fingerprint density at radius 2 is 1.92 bits per heavy atom. The van der Waals surface area contributed by atoms with Gasteiger partial charge in [0.2, 0.25) is 0 Å². The fourth-order valence-corrected chi connectivity index (χ4v) is 3.12. The third-order valence-corrected chi connectivity index (χ3v) is 4.34. The maximum Gasteiger partial charge on any atom is 0.257 e. The number of nitrogens with zero attached hydrogens (tertiary/aromatic N) is 3. The van der Waals surface area contributed by atoms with Crippen molar-refractivity contribution in [1.29, 1.82) is 0 Å². The number of pyridine rings is 1. The lowest BCUT2D eigenvalue weighted by Gasteiger charge is -2.09. The fraction of sp³-hybridized carbons (Fsp3) is 0.167. The Bertz CT molecular complexity index is 900. The third kappa shape index (κ3) is 3.48. The van der Waals surface area contributed by atoms with Crippen LogP contribution in [0.4, 0.5) is 5.69 Å². The van der Waals surface area contributed by atoms with Crippen molar-refractivity contribution in [3.05, 3.63) is 68.7 Å². The van der Waals surface area contributed by atoms with E-state index < -0.39 is 0 Å². The first-order valence-corrected chi connectivity index (χ1v) is 8.59. The number of benzene rings is 1. The van der Waals surface area contributed by atoms with Crippen molar-refractivity contribution in [1.82, 2.24) is 14.8 Å². The highest BCUT2D eigenvalue weighted by Gasteiger charge is 2.10. The molecule has 0 saturated heterocycles. The van der Waals surface area contributed by atoms with E-state index in [4.69, 9.17) is 0 Å². The van der Waals surface area contributed by atoms with Gasteiger partial charge >= 0.3 is 0 Å². The van der Waals surface area contributed by atoms with Crippen LogP contribution in [0.25, 0.3) is 5.82 Å². The molecule has 6 heteroatoms. The Labute approximate surface area is 154 Å². The van der Waals surface area contributed by atoms with Crippen LogP contribution in [0.2, 0.25) is 0 Å². The minimum Gasteiger partial charge on any atom is -0.322 e. The molecule has 1 amide bonds. The SMILES string of the molecule is Cc1cc(C)n(-c2ccc(C(=O)Nc3ccc(I)cc3C)cn2)n1. The zero-order chi connectivity index (χ0) is 17.3. The average molecular weight is 432 g/mol. The minimum absolute atomic E-state index is 0.174. The van der Waals surface area contributed by atoms with E-state index in [1.54, 1.807) is 23.0 Å². The van der Waals surface area contributed by atoms with E-state index in [1.165, 1.54) is 0 Å². The molecule has 0 fully saturated rings. The molecule has 0 unspecified atom stereocenters. The van der Waals surface area contributed by atoms with Crippen LogP contribution < -0.4 is 5.32 Å². The number of hydrogen-bond donors (Lipinski definition) is 1. The molecule has 0 radical (unpaired) electrons. The van der Waals surface area contributed by atoms with Crippen molar-refractivity contribution in [2.24, 2.45) is 0 Å². The summed E-state index contributed by atoms with van der Waals surface area (Å²) in [5, 5.41) is 7.32. The van der Waals surface area contributed by atoms with E-state index in [0.29, 0.717) is 11.4 Å². The van der Waals surface area contributed by atoms with Crippen molar-refractivity contribution in [3.8, 4) is 5.82 Å². The van der Waals surface area contributed by atoms with Gasteiger partial charge in [-0.15, -0.1) is 0 Å². The van der Waals surface area contributed by atoms with Gasteiger partial charge in [0, 0.05) is 21.1 Å². The molecule has 0 saturated carbocycles. The maximum atomic E-state index is 12.4. The van der Waals surface area contributed by atoms with Crippen LogP contribution in [-0.4, -0.2) is 20.7 Å². The molecule has 24 heavy (non-hydrogen) atoms. The smallest absolute Gasteiger partial charge is 0.257 e. The summed E-state index contributed by atoms with van der Waals surface area (Å²) in [5.74, 6) is 0.523. The second kappa shape index (κ2) is 6.72. The Balaban J connectivity index is 1.80. The van der Waals surface area contributed by atoms with Gasteiger partial charge in [0.1, 0.15) is 0 Å². The van der Waals surface area contributed by atoms with Gasteiger partial charge in [0.05, 0.1) is 11.3 Å². The molecule has 0 spiro atoms. The van der Waals surface area contributed by atoms with Crippen molar-refractivity contribution >= 4 is 34.2 Å². The molecule has 1 N–H and O–H groups in total. The second-order valence-electron chi connectivity index (χ2n) is 5.66. The maximum absolute atomic E-state index is 12.4. The lowest BCUT2D eigenvalue weighted by molar-refractivity contribution is 0.102. The molecule has 0 aliphatic heterocycles. The summed E-state index contributed by atoms with van der Waals surface area (Å²) in [6.45, 7) is 5.89. The quantitative estimate of drug-likeness (QED) is 0.636. The molecule has 5 nitrogen and oxygen atoms in total. The van der Waals surface area contributed by atoms with Crippen molar-refractivity contribution in [3.63, 3.8) is 0 Å². The summed E-state index contributed by atoms with van der Waals surface area (Å²) in [6, 6.07) is 11.5. The lowest BCUT2D eigenvalue weighted by Crippen LogP contribution is -2.13. The summed E-state index contributed by atoms with van der Waals surface area (Å²) in [4.78, 5) is 16.8. The van der Waals surface area contributed by atoms with Gasteiger partial charge in [-0.3, -0.25) is 4.79 Å². The van der Waals surface area contributed by atoms with Gasteiger partial charge in [0.25, 0.3) is 5.91 Å². The number of rotatable bonds is 3. The first-order valence-electron chi connectivity index (χ1n) is 7.51. The van der Waals surface area contributed by atoms with E-state index in [0.717, 1.165) is 26.2 Å². The molecule has 0 atom stereocenters. The van der Waals surface area contributed by atoms with Gasteiger partial charge in [-0.1, -0.05) is 0 Å². The molecule has 0 aliphatic carbocycles. The number of aryl methyl sites for hydroxylation is 3. The van der Waals surface area contributed by atoms with Gasteiger partial charge in [0.15, 0.2) is 5.82 Å². The summed E-state index contributed by atoms with van der Waals surface area (Å²) in [6.07, 6.45) is 1.57. The largest absolute Gasteiger partial charge is 0.322 e. The minimum atomic E-state index is -0.174. The molecule has 122 valence electrons. The van der Waals surface area contributed by atoms with Crippen LogP contribution in [-0.2, 0) is 0 Å². The van der Waals surface area contributed by atoms with Gasteiger partial charge in [-0.25, -0.2) is 9.67 Å². The van der Waals surface area contributed by atoms with Gasteiger partial charge in [-0.2, -0.15) is 5.10 Å². The molecule has 0 aliphatic rings. The summed E-state index contributed by atoms with van der Waals surface area (Å²) in [5.41, 5.74) is 4.29. The average Bonchev–Trinajstić information content (AvgIpc) is 2.88. The van der Waals surface area contributed by atoms with E-state index in [1.807, 2.05) is 45.0 Å². The van der Waals surface area contributed by atoms with Crippen LogP contribution in [0.5, 0.6) is 0 Å². The topological polar surface area (TPSA) is 59.8 Å². The highest BCUT2D eigenvalue weighted by Crippen LogP contribution is 2.19.